The summed E-state index contributed by atoms with van der Waals surface area (Å²) >= 11 is 0. The molecule has 1 atom stereocenters. The molecule has 81 heavy (non-hydrogen) atoms. The Labute approximate surface area is 501 Å². The number of esters is 3. The summed E-state index contributed by atoms with van der Waals surface area (Å²) in [6.07, 6.45) is 95.2. The molecule has 0 aliphatic rings. The zero-order chi connectivity index (χ0) is 58.5. The fourth-order valence-corrected chi connectivity index (χ4v) is 9.41. The minimum Gasteiger partial charge on any atom is -0.462 e. The molecule has 6 heteroatoms. The van der Waals surface area contributed by atoms with Crippen LogP contribution in [0.2, 0.25) is 0 Å². The van der Waals surface area contributed by atoms with Gasteiger partial charge in [-0.1, -0.05) is 296 Å². The topological polar surface area (TPSA) is 78.9 Å². The van der Waals surface area contributed by atoms with E-state index in [1.165, 1.54) is 122 Å². The number of rotatable bonds is 61. The minimum absolute atomic E-state index is 0.0918. The molecule has 0 saturated carbocycles. The van der Waals surface area contributed by atoms with Crippen LogP contribution in [-0.4, -0.2) is 37.2 Å². The van der Waals surface area contributed by atoms with Crippen molar-refractivity contribution in [3.8, 4) is 0 Å². The Bertz CT molecular complexity index is 1670. The van der Waals surface area contributed by atoms with Crippen LogP contribution in [0, 0.1) is 0 Å². The van der Waals surface area contributed by atoms with Crippen LogP contribution < -0.4 is 0 Å². The zero-order valence-corrected chi connectivity index (χ0v) is 53.0. The predicted molar refractivity (Wildman–Crippen MR) is 353 cm³/mol. The first-order valence-electron chi connectivity index (χ1n) is 34.0. The number of carbonyl (C=O) groups excluding carboxylic acids is 3. The van der Waals surface area contributed by atoms with Gasteiger partial charge in [-0.25, -0.2) is 0 Å². The molecule has 1 unspecified atom stereocenters. The van der Waals surface area contributed by atoms with Gasteiger partial charge in [0.05, 0.1) is 0 Å². The van der Waals surface area contributed by atoms with Gasteiger partial charge in [-0.05, 0) is 122 Å². The second kappa shape index (κ2) is 68.3. The smallest absolute Gasteiger partial charge is 0.306 e. The summed E-state index contributed by atoms with van der Waals surface area (Å²) in [5, 5.41) is 0. The highest BCUT2D eigenvalue weighted by atomic mass is 16.6. The molecule has 6 nitrogen and oxygen atoms in total. The molecule has 462 valence electrons. The van der Waals surface area contributed by atoms with Crippen LogP contribution in [0.1, 0.15) is 316 Å². The first-order valence-corrected chi connectivity index (χ1v) is 34.0. The maximum absolute atomic E-state index is 12.9. The Morgan fingerprint density at radius 1 is 0.259 bits per heavy atom. The molecule has 0 radical (unpaired) electrons. The highest BCUT2D eigenvalue weighted by Gasteiger charge is 2.19. The molecular weight excluding hydrogens is 997 g/mol. The molecule has 0 rings (SSSR count). The summed E-state index contributed by atoms with van der Waals surface area (Å²) in [6.45, 7) is 6.34. The lowest BCUT2D eigenvalue weighted by molar-refractivity contribution is -0.167. The fraction of sp³-hybridized carbons (Fsp3) is 0.693. The van der Waals surface area contributed by atoms with Crippen molar-refractivity contribution in [2.24, 2.45) is 0 Å². The lowest BCUT2D eigenvalue weighted by atomic mass is 10.0. The van der Waals surface area contributed by atoms with Gasteiger partial charge in [0.15, 0.2) is 6.10 Å². The van der Waals surface area contributed by atoms with E-state index >= 15 is 0 Å². The molecule has 0 heterocycles. The monoisotopic (exact) mass is 1120 g/mol. The summed E-state index contributed by atoms with van der Waals surface area (Å²) in [4.78, 5) is 38.3. The van der Waals surface area contributed by atoms with E-state index in [2.05, 4.69) is 142 Å². The largest absolute Gasteiger partial charge is 0.462 e. The van der Waals surface area contributed by atoms with Crippen LogP contribution in [0.3, 0.4) is 0 Å². The first-order chi connectivity index (χ1) is 40.0. The molecular formula is C75H126O6. The lowest BCUT2D eigenvalue weighted by Crippen LogP contribution is -2.30. The highest BCUT2D eigenvalue weighted by molar-refractivity contribution is 5.71. The van der Waals surface area contributed by atoms with Gasteiger partial charge in [0.25, 0.3) is 0 Å². The molecule has 0 spiro atoms. The Balaban J connectivity index is 4.19. The van der Waals surface area contributed by atoms with Gasteiger partial charge in [-0.2, -0.15) is 0 Å². The second-order valence-electron chi connectivity index (χ2n) is 22.3. The van der Waals surface area contributed by atoms with Crippen molar-refractivity contribution in [1.29, 1.82) is 0 Å². The molecule has 0 aromatic heterocycles. The van der Waals surface area contributed by atoms with E-state index < -0.39 is 6.10 Å². The SMILES string of the molecule is CC/C=C\C/C=C\C/C=C\C/C=C\CCCCCCCCCCCCCCCCCCCCCCC(=O)OCC(COC(=O)CCCCCCC/C=C\C/C=C\CCC)OC(=O)CCCCCC/C=C\C/C=C\C/C=C\C/C=C\CC. The second-order valence-corrected chi connectivity index (χ2v) is 22.3. The normalized spacial score (nSPS) is 12.9. The van der Waals surface area contributed by atoms with Crippen molar-refractivity contribution in [3.05, 3.63) is 122 Å². The van der Waals surface area contributed by atoms with E-state index in [4.69, 9.17) is 14.2 Å². The predicted octanol–water partition coefficient (Wildman–Crippen LogP) is 23.6. The van der Waals surface area contributed by atoms with E-state index in [1.54, 1.807) is 0 Å². The lowest BCUT2D eigenvalue weighted by Gasteiger charge is -2.18. The van der Waals surface area contributed by atoms with Gasteiger partial charge < -0.3 is 14.2 Å². The van der Waals surface area contributed by atoms with Crippen molar-refractivity contribution in [2.45, 2.75) is 322 Å². The van der Waals surface area contributed by atoms with Gasteiger partial charge in [-0.3, -0.25) is 14.4 Å². The van der Waals surface area contributed by atoms with E-state index in [-0.39, 0.29) is 31.1 Å². The average molecular weight is 1120 g/mol. The van der Waals surface area contributed by atoms with Gasteiger partial charge in [0.1, 0.15) is 13.2 Å². The fourth-order valence-electron chi connectivity index (χ4n) is 9.41. The first kappa shape index (κ1) is 76.8. The third kappa shape index (κ3) is 66.5. The van der Waals surface area contributed by atoms with Crippen LogP contribution in [0.4, 0.5) is 0 Å². The van der Waals surface area contributed by atoms with Crippen molar-refractivity contribution in [3.63, 3.8) is 0 Å². The van der Waals surface area contributed by atoms with Crippen LogP contribution in [-0.2, 0) is 28.6 Å². The van der Waals surface area contributed by atoms with E-state index in [0.29, 0.717) is 19.3 Å². The number of hydrogen-bond acceptors (Lipinski definition) is 6. The van der Waals surface area contributed by atoms with Gasteiger partial charge in [0, 0.05) is 19.3 Å². The quantitative estimate of drug-likeness (QED) is 0.0261. The Morgan fingerprint density at radius 3 is 0.753 bits per heavy atom. The highest BCUT2D eigenvalue weighted by Crippen LogP contribution is 2.17. The van der Waals surface area contributed by atoms with Gasteiger partial charge >= 0.3 is 17.9 Å². The number of allylic oxidation sites excluding steroid dienone is 20. The average Bonchev–Trinajstić information content (AvgIpc) is 3.46. The van der Waals surface area contributed by atoms with Crippen molar-refractivity contribution >= 4 is 17.9 Å². The molecule has 0 amide bonds. The van der Waals surface area contributed by atoms with Gasteiger partial charge in [-0.15, -0.1) is 0 Å². The van der Waals surface area contributed by atoms with E-state index in [1.807, 2.05) is 0 Å². The maximum atomic E-state index is 12.9. The summed E-state index contributed by atoms with van der Waals surface area (Å²) < 4.78 is 16.9. The number of hydrogen-bond donors (Lipinski definition) is 0. The summed E-state index contributed by atoms with van der Waals surface area (Å²) in [6, 6.07) is 0. The number of carbonyl (C=O) groups is 3. The minimum atomic E-state index is -0.799. The molecule has 0 bridgehead atoms. The molecule has 0 fully saturated rings. The molecule has 0 N–H and O–H groups in total. The van der Waals surface area contributed by atoms with E-state index in [9.17, 15) is 14.4 Å². The molecule has 0 aromatic carbocycles. The van der Waals surface area contributed by atoms with Gasteiger partial charge in [0.2, 0.25) is 0 Å². The zero-order valence-electron chi connectivity index (χ0n) is 53.0. The number of unbranched alkanes of at least 4 members (excludes halogenated alkanes) is 30. The van der Waals surface area contributed by atoms with E-state index in [0.717, 1.165) is 154 Å². The molecule has 0 aliphatic heterocycles. The van der Waals surface area contributed by atoms with Crippen molar-refractivity contribution in [2.75, 3.05) is 13.2 Å². The standard InChI is InChI=1S/C75H126O6/c1-4-7-10-13-16-19-22-25-27-29-30-31-32-33-34-35-36-37-38-39-40-41-42-43-44-46-47-50-53-56-59-62-65-68-74(77)80-71-72(70-79-73(76)67-64-61-58-55-52-49-24-21-18-15-12-9-6-3)81-75(78)69-66-63-60-57-54-51-48-45-28-26-23-20-17-14-11-8-5-2/h7-8,10-12,15-17,19-21,24-28,30-31,48,51,72H,4-6,9,13-14,18,22-23,29,32-47,49-50,52-71H2,1-3H3/b10-7-,11-8-,15-12-,19-16-,20-17-,24-21-,27-25-,28-26-,31-30-,51-48-. The maximum Gasteiger partial charge on any atom is 0.306 e. The third-order valence-electron chi connectivity index (χ3n) is 14.4. The summed E-state index contributed by atoms with van der Waals surface area (Å²) in [7, 11) is 0. The van der Waals surface area contributed by atoms with Crippen molar-refractivity contribution in [1.82, 2.24) is 0 Å². The van der Waals surface area contributed by atoms with Crippen LogP contribution in [0.5, 0.6) is 0 Å². The summed E-state index contributed by atoms with van der Waals surface area (Å²) in [5.41, 5.74) is 0. The third-order valence-corrected chi connectivity index (χ3v) is 14.4. The van der Waals surface area contributed by atoms with Crippen LogP contribution in [0.25, 0.3) is 0 Å². The Morgan fingerprint density at radius 2 is 0.481 bits per heavy atom. The molecule has 0 saturated heterocycles. The Kier molecular flexibility index (Phi) is 64.8. The summed E-state index contributed by atoms with van der Waals surface area (Å²) in [5.74, 6) is -0.922. The molecule has 0 aliphatic carbocycles. The van der Waals surface area contributed by atoms with Crippen LogP contribution >= 0.6 is 0 Å². The van der Waals surface area contributed by atoms with Crippen LogP contribution in [0.15, 0.2) is 122 Å². The number of ether oxygens (including phenoxy) is 3. The van der Waals surface area contributed by atoms with Crippen molar-refractivity contribution < 1.29 is 28.6 Å². The Hall–Kier alpha value is -4.19. The molecule has 0 aromatic rings.